The lowest BCUT2D eigenvalue weighted by atomic mass is 9.61. The molecule has 0 spiro atoms. The molecule has 1 aliphatic rings. The fraction of sp³-hybridized carbons (Fsp3) is 1.00. The molecule has 0 aromatic heterocycles. The zero-order valence-electron chi connectivity index (χ0n) is 11.4. The van der Waals surface area contributed by atoms with Gasteiger partial charge in [-0.1, -0.05) is 48.0 Å². The standard InChI is InChI=1S/C14H29N/c1-7-13-12(4)10(2)8-15-9-11(3)14(13,5)6/h10-13,15H,7-9H2,1-6H3. The molecule has 1 fully saturated rings. The van der Waals surface area contributed by atoms with E-state index in [1.54, 1.807) is 0 Å². The normalized spacial score (nSPS) is 42.0. The molecule has 1 nitrogen and oxygen atoms in total. The zero-order chi connectivity index (χ0) is 11.6. The summed E-state index contributed by atoms with van der Waals surface area (Å²) in [4.78, 5) is 0. The molecular formula is C14H29N. The van der Waals surface area contributed by atoms with Crippen LogP contribution in [0.4, 0.5) is 0 Å². The van der Waals surface area contributed by atoms with Gasteiger partial charge in [0.15, 0.2) is 0 Å². The van der Waals surface area contributed by atoms with E-state index in [0.29, 0.717) is 5.41 Å². The van der Waals surface area contributed by atoms with Crippen LogP contribution in [0.3, 0.4) is 0 Å². The van der Waals surface area contributed by atoms with Crippen molar-refractivity contribution in [2.75, 3.05) is 13.1 Å². The number of rotatable bonds is 1. The van der Waals surface area contributed by atoms with Gasteiger partial charge in [0.2, 0.25) is 0 Å². The Morgan fingerprint density at radius 1 is 1.13 bits per heavy atom. The topological polar surface area (TPSA) is 12.0 Å². The largest absolute Gasteiger partial charge is 0.316 e. The third-order valence-corrected chi connectivity index (χ3v) is 5.11. The predicted molar refractivity (Wildman–Crippen MR) is 67.9 cm³/mol. The molecule has 0 aromatic rings. The molecule has 0 bridgehead atoms. The van der Waals surface area contributed by atoms with E-state index in [4.69, 9.17) is 0 Å². The van der Waals surface area contributed by atoms with E-state index >= 15 is 0 Å². The summed E-state index contributed by atoms with van der Waals surface area (Å²) in [6, 6.07) is 0. The van der Waals surface area contributed by atoms with E-state index < -0.39 is 0 Å². The summed E-state index contributed by atoms with van der Waals surface area (Å²) in [6.45, 7) is 16.9. The first-order chi connectivity index (χ1) is 6.91. The summed E-state index contributed by atoms with van der Waals surface area (Å²) < 4.78 is 0. The quantitative estimate of drug-likeness (QED) is 0.699. The van der Waals surface area contributed by atoms with Crippen LogP contribution in [0.2, 0.25) is 0 Å². The minimum absolute atomic E-state index is 0.468. The Kier molecular flexibility index (Phi) is 4.22. The average Bonchev–Trinajstić information content (AvgIpc) is 2.16. The van der Waals surface area contributed by atoms with Gasteiger partial charge < -0.3 is 5.32 Å². The molecule has 1 saturated heterocycles. The average molecular weight is 211 g/mol. The number of nitrogens with one attached hydrogen (secondary N) is 1. The van der Waals surface area contributed by atoms with Crippen LogP contribution in [-0.4, -0.2) is 13.1 Å². The first-order valence-electron chi connectivity index (χ1n) is 6.62. The summed E-state index contributed by atoms with van der Waals surface area (Å²) in [5.74, 6) is 3.28. The Morgan fingerprint density at radius 3 is 2.27 bits per heavy atom. The predicted octanol–water partition coefficient (Wildman–Crippen LogP) is 3.55. The molecule has 90 valence electrons. The second-order valence-electron chi connectivity index (χ2n) is 6.23. The number of hydrogen-bond donors (Lipinski definition) is 1. The van der Waals surface area contributed by atoms with Gasteiger partial charge in [-0.15, -0.1) is 0 Å². The molecule has 1 heteroatoms. The molecule has 0 aliphatic carbocycles. The molecule has 0 radical (unpaired) electrons. The summed E-state index contributed by atoms with van der Waals surface area (Å²) in [5.41, 5.74) is 0.468. The van der Waals surface area contributed by atoms with E-state index in [2.05, 4.69) is 46.9 Å². The molecule has 4 atom stereocenters. The van der Waals surface area contributed by atoms with Gasteiger partial charge in [0.1, 0.15) is 0 Å². The van der Waals surface area contributed by atoms with Crippen LogP contribution in [0.1, 0.15) is 48.0 Å². The zero-order valence-corrected chi connectivity index (χ0v) is 11.4. The fourth-order valence-electron chi connectivity index (χ4n) is 3.31. The van der Waals surface area contributed by atoms with Crippen molar-refractivity contribution in [1.29, 1.82) is 0 Å². The molecule has 0 aromatic carbocycles. The highest BCUT2D eigenvalue weighted by Crippen LogP contribution is 2.44. The maximum absolute atomic E-state index is 3.62. The monoisotopic (exact) mass is 211 g/mol. The highest BCUT2D eigenvalue weighted by Gasteiger charge is 2.39. The molecular weight excluding hydrogens is 182 g/mol. The van der Waals surface area contributed by atoms with Gasteiger partial charge in [0.25, 0.3) is 0 Å². The lowest BCUT2D eigenvalue weighted by Gasteiger charge is -2.46. The van der Waals surface area contributed by atoms with Gasteiger partial charge in [0.05, 0.1) is 0 Å². The van der Waals surface area contributed by atoms with Gasteiger partial charge in [-0.2, -0.15) is 0 Å². The van der Waals surface area contributed by atoms with Crippen LogP contribution in [-0.2, 0) is 0 Å². The SMILES string of the molecule is CCC1C(C)C(C)CNCC(C)C1(C)C. The third-order valence-electron chi connectivity index (χ3n) is 5.11. The van der Waals surface area contributed by atoms with E-state index in [0.717, 1.165) is 23.7 Å². The minimum atomic E-state index is 0.468. The molecule has 1 heterocycles. The lowest BCUT2D eigenvalue weighted by Crippen LogP contribution is -2.46. The van der Waals surface area contributed by atoms with Crippen LogP contribution in [0.15, 0.2) is 0 Å². The smallest absolute Gasteiger partial charge is 0.00178 e. The Bertz CT molecular complexity index is 198. The van der Waals surface area contributed by atoms with E-state index in [9.17, 15) is 0 Å². The van der Waals surface area contributed by atoms with Crippen molar-refractivity contribution in [2.45, 2.75) is 48.0 Å². The summed E-state index contributed by atoms with van der Waals surface area (Å²) in [7, 11) is 0. The van der Waals surface area contributed by atoms with Crippen molar-refractivity contribution in [2.24, 2.45) is 29.1 Å². The van der Waals surface area contributed by atoms with Crippen LogP contribution in [0.5, 0.6) is 0 Å². The van der Waals surface area contributed by atoms with E-state index in [1.807, 2.05) is 0 Å². The Balaban J connectivity index is 2.89. The van der Waals surface area contributed by atoms with Crippen LogP contribution >= 0.6 is 0 Å². The Morgan fingerprint density at radius 2 is 1.73 bits per heavy atom. The maximum atomic E-state index is 3.62. The number of hydrogen-bond acceptors (Lipinski definition) is 1. The first kappa shape index (κ1) is 13.0. The molecule has 1 aliphatic heterocycles. The molecule has 1 N–H and O–H groups in total. The highest BCUT2D eigenvalue weighted by atomic mass is 14.9. The molecule has 4 unspecified atom stereocenters. The summed E-state index contributed by atoms with van der Waals surface area (Å²) >= 11 is 0. The molecule has 1 rings (SSSR count). The van der Waals surface area contributed by atoms with Gasteiger partial charge in [-0.3, -0.25) is 0 Å². The molecule has 0 amide bonds. The molecule has 15 heavy (non-hydrogen) atoms. The van der Waals surface area contributed by atoms with Gasteiger partial charge in [-0.25, -0.2) is 0 Å². The van der Waals surface area contributed by atoms with Crippen LogP contribution in [0, 0.1) is 29.1 Å². The second kappa shape index (κ2) is 4.86. The lowest BCUT2D eigenvalue weighted by molar-refractivity contribution is 0.0405. The van der Waals surface area contributed by atoms with Crippen molar-refractivity contribution in [3.05, 3.63) is 0 Å². The summed E-state index contributed by atoms with van der Waals surface area (Å²) in [6.07, 6.45) is 1.32. The Hall–Kier alpha value is -0.0400. The minimum Gasteiger partial charge on any atom is -0.316 e. The Labute approximate surface area is 96.0 Å². The first-order valence-corrected chi connectivity index (χ1v) is 6.62. The van der Waals surface area contributed by atoms with Crippen molar-refractivity contribution < 1.29 is 0 Å². The fourth-order valence-corrected chi connectivity index (χ4v) is 3.31. The van der Waals surface area contributed by atoms with Crippen molar-refractivity contribution in [1.82, 2.24) is 5.32 Å². The van der Waals surface area contributed by atoms with Gasteiger partial charge in [-0.05, 0) is 42.2 Å². The second-order valence-corrected chi connectivity index (χ2v) is 6.23. The van der Waals surface area contributed by atoms with Gasteiger partial charge >= 0.3 is 0 Å². The van der Waals surface area contributed by atoms with Crippen molar-refractivity contribution in [3.8, 4) is 0 Å². The van der Waals surface area contributed by atoms with E-state index in [1.165, 1.54) is 19.5 Å². The maximum Gasteiger partial charge on any atom is -0.00178 e. The van der Waals surface area contributed by atoms with Crippen molar-refractivity contribution in [3.63, 3.8) is 0 Å². The third kappa shape index (κ3) is 2.55. The van der Waals surface area contributed by atoms with E-state index in [-0.39, 0.29) is 0 Å². The van der Waals surface area contributed by atoms with Crippen LogP contribution in [0.25, 0.3) is 0 Å². The molecule has 0 saturated carbocycles. The van der Waals surface area contributed by atoms with Crippen LogP contribution < -0.4 is 5.32 Å². The summed E-state index contributed by atoms with van der Waals surface area (Å²) in [5, 5.41) is 3.62. The van der Waals surface area contributed by atoms with Gasteiger partial charge in [0, 0.05) is 0 Å². The highest BCUT2D eigenvalue weighted by molar-refractivity contribution is 4.90. The van der Waals surface area contributed by atoms with Crippen molar-refractivity contribution >= 4 is 0 Å².